The van der Waals surface area contributed by atoms with Crippen LogP contribution in [0.2, 0.25) is 0 Å². The molecule has 1 aromatic rings. The second-order valence-electron chi connectivity index (χ2n) is 3.82. The molecule has 0 saturated heterocycles. The number of nitrogens with zero attached hydrogens (tertiary/aromatic N) is 2. The van der Waals surface area contributed by atoms with Crippen LogP contribution < -0.4 is 5.32 Å². The lowest BCUT2D eigenvalue weighted by Crippen LogP contribution is -2.10. The van der Waals surface area contributed by atoms with Gasteiger partial charge in [-0.1, -0.05) is 0 Å². The molecule has 8 nitrogen and oxygen atoms in total. The van der Waals surface area contributed by atoms with Crippen LogP contribution in [0.4, 0.5) is 11.5 Å². The third kappa shape index (κ3) is 4.45. The maximum atomic E-state index is 11.4. The predicted molar refractivity (Wildman–Crippen MR) is 69.0 cm³/mol. The predicted octanol–water partition coefficient (Wildman–Crippen LogP) is 0.842. The van der Waals surface area contributed by atoms with Gasteiger partial charge in [0.1, 0.15) is 0 Å². The van der Waals surface area contributed by atoms with Gasteiger partial charge in [-0.05, 0) is 12.5 Å². The lowest BCUT2D eigenvalue weighted by atomic mass is 10.3. The quantitative estimate of drug-likeness (QED) is 0.449. The molecule has 0 aromatic carbocycles. The Balaban J connectivity index is 2.99. The molecule has 0 aliphatic carbocycles. The lowest BCUT2D eigenvalue weighted by Gasteiger charge is -2.07. The van der Waals surface area contributed by atoms with Crippen LogP contribution in [0.3, 0.4) is 0 Å². The minimum atomic E-state index is -3.50. The first-order chi connectivity index (χ1) is 8.86. The Morgan fingerprint density at radius 1 is 1.47 bits per heavy atom. The molecule has 0 aliphatic heterocycles. The van der Waals surface area contributed by atoms with E-state index < -0.39 is 14.8 Å². The molecule has 0 bridgehead atoms. The number of aromatic nitrogens is 1. The van der Waals surface area contributed by atoms with Crippen molar-refractivity contribution in [2.24, 2.45) is 0 Å². The fourth-order valence-electron chi connectivity index (χ4n) is 1.34. The van der Waals surface area contributed by atoms with Crippen LogP contribution >= 0.6 is 0 Å². The average Bonchev–Trinajstić information content (AvgIpc) is 2.33. The van der Waals surface area contributed by atoms with E-state index in [0.29, 0.717) is 19.6 Å². The number of hydrogen-bond donors (Lipinski definition) is 1. The van der Waals surface area contributed by atoms with E-state index in [1.807, 2.05) is 0 Å². The molecular formula is C10H15N3O5S. The van der Waals surface area contributed by atoms with Crippen molar-refractivity contribution in [2.45, 2.75) is 11.4 Å². The molecule has 106 valence electrons. The molecule has 1 N–H and O–H groups in total. The van der Waals surface area contributed by atoms with Crippen molar-refractivity contribution >= 4 is 21.3 Å². The van der Waals surface area contributed by atoms with Gasteiger partial charge in [0.15, 0.2) is 14.9 Å². The van der Waals surface area contributed by atoms with Gasteiger partial charge in [-0.15, -0.1) is 0 Å². The Morgan fingerprint density at radius 2 is 2.16 bits per heavy atom. The van der Waals surface area contributed by atoms with E-state index in [1.165, 1.54) is 0 Å². The molecule has 0 unspecified atom stereocenters. The van der Waals surface area contributed by atoms with Gasteiger partial charge in [0.25, 0.3) is 0 Å². The van der Waals surface area contributed by atoms with Crippen LogP contribution in [0.5, 0.6) is 0 Å². The van der Waals surface area contributed by atoms with Crippen molar-refractivity contribution in [2.75, 3.05) is 31.8 Å². The first kappa shape index (κ1) is 15.3. The van der Waals surface area contributed by atoms with E-state index in [1.54, 1.807) is 7.11 Å². The molecule has 19 heavy (non-hydrogen) atoms. The summed E-state index contributed by atoms with van der Waals surface area (Å²) in [4.78, 5) is 14.0. The van der Waals surface area contributed by atoms with E-state index in [-0.39, 0.29) is 16.5 Å². The SMILES string of the molecule is COCCCNc1nc(S(C)(=O)=O)ccc1[N+](=O)[O-]. The summed E-state index contributed by atoms with van der Waals surface area (Å²) in [5, 5.41) is 13.4. The summed E-state index contributed by atoms with van der Waals surface area (Å²) < 4.78 is 27.6. The number of hydrogen-bond acceptors (Lipinski definition) is 7. The maximum Gasteiger partial charge on any atom is 0.311 e. The highest BCUT2D eigenvalue weighted by atomic mass is 32.2. The summed E-state index contributed by atoms with van der Waals surface area (Å²) in [7, 11) is -1.95. The van der Waals surface area contributed by atoms with E-state index in [2.05, 4.69) is 10.3 Å². The fraction of sp³-hybridized carbons (Fsp3) is 0.500. The first-order valence-corrected chi connectivity index (χ1v) is 7.33. The molecule has 0 atom stereocenters. The van der Waals surface area contributed by atoms with E-state index in [9.17, 15) is 18.5 Å². The second kappa shape index (κ2) is 6.43. The number of nitrogens with one attached hydrogen (secondary N) is 1. The third-order valence-corrected chi connectivity index (χ3v) is 3.23. The van der Waals surface area contributed by atoms with Crippen LogP contribution in [0.1, 0.15) is 6.42 Å². The minimum absolute atomic E-state index is 0.0518. The third-order valence-electron chi connectivity index (χ3n) is 2.24. The van der Waals surface area contributed by atoms with Crippen molar-refractivity contribution in [3.05, 3.63) is 22.2 Å². The Bertz CT molecular complexity index is 558. The van der Waals surface area contributed by atoms with Crippen molar-refractivity contribution in [3.8, 4) is 0 Å². The maximum absolute atomic E-state index is 11.4. The summed E-state index contributed by atoms with van der Waals surface area (Å²) in [6, 6.07) is 2.25. The molecular weight excluding hydrogens is 274 g/mol. The molecule has 0 saturated carbocycles. The number of rotatable bonds is 7. The van der Waals surface area contributed by atoms with Crippen molar-refractivity contribution < 1.29 is 18.1 Å². The van der Waals surface area contributed by atoms with Crippen molar-refractivity contribution in [1.82, 2.24) is 4.98 Å². The molecule has 0 amide bonds. The number of methoxy groups -OCH3 is 1. The molecule has 9 heteroatoms. The number of sulfone groups is 1. The average molecular weight is 289 g/mol. The highest BCUT2D eigenvalue weighted by Gasteiger charge is 2.19. The van der Waals surface area contributed by atoms with Gasteiger partial charge >= 0.3 is 5.69 Å². The fourth-order valence-corrected chi connectivity index (χ4v) is 1.91. The molecule has 1 rings (SSSR count). The molecule has 0 spiro atoms. The van der Waals surface area contributed by atoms with Crippen molar-refractivity contribution in [1.29, 1.82) is 0 Å². The zero-order valence-electron chi connectivity index (χ0n) is 10.6. The summed E-state index contributed by atoms with van der Waals surface area (Å²) in [6.45, 7) is 0.890. The van der Waals surface area contributed by atoms with Crippen molar-refractivity contribution in [3.63, 3.8) is 0 Å². The van der Waals surface area contributed by atoms with Gasteiger partial charge in [-0.2, -0.15) is 0 Å². The topological polar surface area (TPSA) is 111 Å². The number of anilines is 1. The highest BCUT2D eigenvalue weighted by molar-refractivity contribution is 7.90. The summed E-state index contributed by atoms with van der Waals surface area (Å²) >= 11 is 0. The molecule has 1 aromatic heterocycles. The highest BCUT2D eigenvalue weighted by Crippen LogP contribution is 2.23. The van der Waals surface area contributed by atoms with Crippen LogP contribution in [0.25, 0.3) is 0 Å². The number of ether oxygens (including phenoxy) is 1. The minimum Gasteiger partial charge on any atom is -0.385 e. The van der Waals surface area contributed by atoms with Gasteiger partial charge in [0, 0.05) is 32.6 Å². The molecule has 0 radical (unpaired) electrons. The Labute approximate surface area is 110 Å². The summed E-state index contributed by atoms with van der Waals surface area (Å²) in [5.74, 6) is -0.0518. The number of nitro groups is 1. The van der Waals surface area contributed by atoms with Crippen LogP contribution in [-0.2, 0) is 14.6 Å². The lowest BCUT2D eigenvalue weighted by molar-refractivity contribution is -0.384. The second-order valence-corrected chi connectivity index (χ2v) is 5.78. The standard InChI is InChI=1S/C10H15N3O5S/c1-18-7-3-6-11-10-8(13(14)15)4-5-9(12-10)19(2,16)17/h4-5H,3,6-7H2,1-2H3,(H,11,12). The van der Waals surface area contributed by atoms with Gasteiger partial charge < -0.3 is 10.1 Å². The Kier molecular flexibility index (Phi) is 5.19. The van der Waals surface area contributed by atoms with E-state index >= 15 is 0 Å². The van der Waals surface area contributed by atoms with Crippen LogP contribution in [-0.4, -0.2) is 44.8 Å². The van der Waals surface area contributed by atoms with Gasteiger partial charge in [0.05, 0.1) is 4.92 Å². The van der Waals surface area contributed by atoms with Gasteiger partial charge in [-0.3, -0.25) is 10.1 Å². The van der Waals surface area contributed by atoms with Gasteiger partial charge in [0.2, 0.25) is 5.82 Å². The number of pyridine rings is 1. The van der Waals surface area contributed by atoms with E-state index in [0.717, 1.165) is 18.4 Å². The molecule has 0 fully saturated rings. The van der Waals surface area contributed by atoms with Crippen LogP contribution in [0, 0.1) is 10.1 Å². The summed E-state index contributed by atoms with van der Waals surface area (Å²) in [5.41, 5.74) is -0.259. The van der Waals surface area contributed by atoms with Crippen LogP contribution in [0.15, 0.2) is 17.2 Å². The zero-order valence-corrected chi connectivity index (χ0v) is 11.4. The largest absolute Gasteiger partial charge is 0.385 e. The summed E-state index contributed by atoms with van der Waals surface area (Å²) in [6.07, 6.45) is 1.62. The molecule has 0 aliphatic rings. The van der Waals surface area contributed by atoms with E-state index in [4.69, 9.17) is 4.74 Å². The molecule has 1 heterocycles. The monoisotopic (exact) mass is 289 g/mol. The Hall–Kier alpha value is -1.74. The Morgan fingerprint density at radius 3 is 2.68 bits per heavy atom. The first-order valence-electron chi connectivity index (χ1n) is 5.44. The smallest absolute Gasteiger partial charge is 0.311 e. The van der Waals surface area contributed by atoms with Gasteiger partial charge in [-0.25, -0.2) is 13.4 Å². The zero-order chi connectivity index (χ0) is 14.5. The normalized spacial score (nSPS) is 11.3.